The van der Waals surface area contributed by atoms with Crippen molar-refractivity contribution in [2.45, 2.75) is 38.9 Å². The summed E-state index contributed by atoms with van der Waals surface area (Å²) in [6.45, 7) is 7.36. The molecule has 2 rings (SSSR count). The van der Waals surface area contributed by atoms with Gasteiger partial charge in [-0.05, 0) is 32.9 Å². The summed E-state index contributed by atoms with van der Waals surface area (Å²) >= 11 is 0. The predicted octanol–water partition coefficient (Wildman–Crippen LogP) is 0.449. The molecule has 2 heterocycles. The summed E-state index contributed by atoms with van der Waals surface area (Å²) in [4.78, 5) is 2.54. The van der Waals surface area contributed by atoms with Crippen LogP contribution in [0.2, 0.25) is 0 Å². The average Bonchev–Trinajstić information content (AvgIpc) is 3.00. The molecule has 1 aliphatic heterocycles. The fourth-order valence-corrected chi connectivity index (χ4v) is 2.46. The van der Waals surface area contributed by atoms with Gasteiger partial charge in [-0.2, -0.15) is 5.10 Å². The topological polar surface area (TPSA) is 53.3 Å². The molecule has 0 aromatic carbocycles. The van der Waals surface area contributed by atoms with Gasteiger partial charge in [0.25, 0.3) is 0 Å². The fourth-order valence-electron chi connectivity index (χ4n) is 2.46. The van der Waals surface area contributed by atoms with E-state index in [0.29, 0.717) is 12.6 Å². The van der Waals surface area contributed by atoms with Gasteiger partial charge in [0.1, 0.15) is 0 Å². The first-order valence-corrected chi connectivity index (χ1v) is 6.86. The van der Waals surface area contributed by atoms with Crippen LogP contribution in [-0.2, 0) is 13.1 Å². The van der Waals surface area contributed by atoms with Crippen molar-refractivity contribution in [1.29, 1.82) is 0 Å². The van der Waals surface area contributed by atoms with E-state index in [-0.39, 0.29) is 6.61 Å². The summed E-state index contributed by atoms with van der Waals surface area (Å²) < 4.78 is 1.78. The highest BCUT2D eigenvalue weighted by Crippen LogP contribution is 2.10. The van der Waals surface area contributed by atoms with Gasteiger partial charge in [-0.1, -0.05) is 0 Å². The lowest BCUT2D eigenvalue weighted by Gasteiger charge is -2.23. The second kappa shape index (κ2) is 6.87. The lowest BCUT2D eigenvalue weighted by Crippen LogP contribution is -2.38. The number of hydrogen-bond acceptors (Lipinski definition) is 4. The molecule has 5 heteroatoms. The van der Waals surface area contributed by atoms with Gasteiger partial charge in [0, 0.05) is 30.9 Å². The van der Waals surface area contributed by atoms with Gasteiger partial charge in [0.15, 0.2) is 0 Å². The molecule has 5 nitrogen and oxygen atoms in total. The highest BCUT2D eigenvalue weighted by molar-refractivity contribution is 5.03. The van der Waals surface area contributed by atoms with E-state index in [4.69, 9.17) is 5.11 Å². The Labute approximate surface area is 109 Å². The molecule has 0 spiro atoms. The molecular formula is C13H24N4O. The Morgan fingerprint density at radius 3 is 2.94 bits per heavy atom. The van der Waals surface area contributed by atoms with E-state index >= 15 is 0 Å². The monoisotopic (exact) mass is 252 g/mol. The molecule has 1 saturated heterocycles. The minimum Gasteiger partial charge on any atom is -0.394 e. The SMILES string of the molecule is CC(CNCc1cnn(CCO)c1)N1CCCC1. The molecule has 102 valence electrons. The molecule has 1 fully saturated rings. The third-order valence-corrected chi connectivity index (χ3v) is 3.55. The molecule has 2 N–H and O–H groups in total. The van der Waals surface area contributed by atoms with Crippen molar-refractivity contribution < 1.29 is 5.11 Å². The van der Waals surface area contributed by atoms with E-state index in [1.54, 1.807) is 4.68 Å². The Morgan fingerprint density at radius 1 is 1.44 bits per heavy atom. The van der Waals surface area contributed by atoms with Crippen LogP contribution in [0.4, 0.5) is 0 Å². The summed E-state index contributed by atoms with van der Waals surface area (Å²) in [5.74, 6) is 0. The first kappa shape index (κ1) is 13.5. The smallest absolute Gasteiger partial charge is 0.0640 e. The number of aliphatic hydroxyl groups is 1. The molecule has 0 aliphatic carbocycles. The van der Waals surface area contributed by atoms with Gasteiger partial charge >= 0.3 is 0 Å². The van der Waals surface area contributed by atoms with Gasteiger partial charge in [0.05, 0.1) is 19.3 Å². The van der Waals surface area contributed by atoms with Crippen LogP contribution in [0.3, 0.4) is 0 Å². The number of nitrogens with one attached hydrogen (secondary N) is 1. The van der Waals surface area contributed by atoms with Crippen LogP contribution in [0.1, 0.15) is 25.3 Å². The first-order chi connectivity index (χ1) is 8.79. The Hall–Kier alpha value is -0.910. The zero-order valence-electron chi connectivity index (χ0n) is 11.2. The van der Waals surface area contributed by atoms with Crippen LogP contribution in [0.5, 0.6) is 0 Å². The van der Waals surface area contributed by atoms with Crippen LogP contribution < -0.4 is 5.32 Å². The van der Waals surface area contributed by atoms with Crippen LogP contribution in [0.25, 0.3) is 0 Å². The van der Waals surface area contributed by atoms with Gasteiger partial charge in [-0.25, -0.2) is 0 Å². The van der Waals surface area contributed by atoms with Crippen molar-refractivity contribution in [1.82, 2.24) is 20.0 Å². The Morgan fingerprint density at radius 2 is 2.22 bits per heavy atom. The van der Waals surface area contributed by atoms with Crippen LogP contribution in [0, 0.1) is 0 Å². The maximum Gasteiger partial charge on any atom is 0.0640 e. The van der Waals surface area contributed by atoms with Gasteiger partial charge < -0.3 is 10.4 Å². The van der Waals surface area contributed by atoms with Crippen molar-refractivity contribution in [3.63, 3.8) is 0 Å². The number of aliphatic hydroxyl groups excluding tert-OH is 1. The molecular weight excluding hydrogens is 228 g/mol. The van der Waals surface area contributed by atoms with Gasteiger partial charge in [-0.3, -0.25) is 9.58 Å². The number of aromatic nitrogens is 2. The van der Waals surface area contributed by atoms with Gasteiger partial charge in [-0.15, -0.1) is 0 Å². The summed E-state index contributed by atoms with van der Waals surface area (Å²) in [5, 5.41) is 16.5. The van der Waals surface area contributed by atoms with Crippen molar-refractivity contribution >= 4 is 0 Å². The van der Waals surface area contributed by atoms with E-state index in [9.17, 15) is 0 Å². The minimum atomic E-state index is 0.139. The van der Waals surface area contributed by atoms with E-state index in [1.807, 2.05) is 12.4 Å². The molecule has 0 bridgehead atoms. The van der Waals surface area contributed by atoms with Crippen LogP contribution >= 0.6 is 0 Å². The quantitative estimate of drug-likeness (QED) is 0.740. The van der Waals surface area contributed by atoms with E-state index in [2.05, 4.69) is 22.2 Å². The van der Waals surface area contributed by atoms with Crippen molar-refractivity contribution in [3.05, 3.63) is 18.0 Å². The van der Waals surface area contributed by atoms with E-state index < -0.39 is 0 Å². The molecule has 0 saturated carbocycles. The zero-order chi connectivity index (χ0) is 12.8. The molecule has 0 amide bonds. The maximum absolute atomic E-state index is 8.82. The third-order valence-electron chi connectivity index (χ3n) is 3.55. The van der Waals surface area contributed by atoms with Crippen molar-refractivity contribution in [2.75, 3.05) is 26.2 Å². The van der Waals surface area contributed by atoms with Gasteiger partial charge in [0.2, 0.25) is 0 Å². The van der Waals surface area contributed by atoms with Crippen LogP contribution in [0.15, 0.2) is 12.4 Å². The normalized spacial score (nSPS) is 18.3. The summed E-state index contributed by atoms with van der Waals surface area (Å²) in [6.07, 6.45) is 6.55. The molecule has 0 radical (unpaired) electrons. The predicted molar refractivity (Wildman–Crippen MR) is 71.3 cm³/mol. The second-order valence-corrected chi connectivity index (χ2v) is 5.06. The fraction of sp³-hybridized carbons (Fsp3) is 0.769. The highest BCUT2D eigenvalue weighted by Gasteiger charge is 2.17. The summed E-state index contributed by atoms with van der Waals surface area (Å²) in [5.41, 5.74) is 1.18. The van der Waals surface area contributed by atoms with E-state index in [1.165, 1.54) is 31.5 Å². The third kappa shape index (κ3) is 3.80. The lowest BCUT2D eigenvalue weighted by molar-refractivity contribution is 0.251. The van der Waals surface area contributed by atoms with Crippen molar-refractivity contribution in [2.24, 2.45) is 0 Å². The number of rotatable bonds is 7. The molecule has 1 aliphatic rings. The average molecular weight is 252 g/mol. The standard InChI is InChI=1S/C13H24N4O/c1-12(16-4-2-3-5-16)8-14-9-13-10-15-17(11-13)6-7-18/h10-12,14,18H,2-9H2,1H3. The maximum atomic E-state index is 8.82. The Bertz CT molecular complexity index is 347. The number of likely N-dealkylation sites (tertiary alicyclic amines) is 1. The summed E-state index contributed by atoms with van der Waals surface area (Å²) in [7, 11) is 0. The van der Waals surface area contributed by atoms with E-state index in [0.717, 1.165) is 13.1 Å². The largest absolute Gasteiger partial charge is 0.394 e. The Kier molecular flexibility index (Phi) is 5.16. The first-order valence-electron chi connectivity index (χ1n) is 6.86. The molecule has 1 atom stereocenters. The number of nitrogens with zero attached hydrogens (tertiary/aromatic N) is 3. The molecule has 1 aromatic heterocycles. The van der Waals surface area contributed by atoms with Crippen LogP contribution in [-0.4, -0.2) is 52.1 Å². The highest BCUT2D eigenvalue weighted by atomic mass is 16.3. The second-order valence-electron chi connectivity index (χ2n) is 5.06. The lowest BCUT2D eigenvalue weighted by atomic mass is 10.3. The molecule has 1 unspecified atom stereocenters. The van der Waals surface area contributed by atoms with Crippen molar-refractivity contribution in [3.8, 4) is 0 Å². The Balaban J connectivity index is 1.67. The summed E-state index contributed by atoms with van der Waals surface area (Å²) in [6, 6.07) is 0.611. The number of hydrogen-bond donors (Lipinski definition) is 2. The zero-order valence-corrected chi connectivity index (χ0v) is 11.2. The minimum absolute atomic E-state index is 0.139. The molecule has 1 aromatic rings. The molecule has 18 heavy (non-hydrogen) atoms.